The molecule has 1 aromatic heterocycles. The fourth-order valence-corrected chi connectivity index (χ4v) is 3.74. The number of amides is 1. The van der Waals surface area contributed by atoms with Gasteiger partial charge < -0.3 is 11.1 Å². The molecule has 3 aliphatic heterocycles. The molecule has 1 unspecified atom stereocenters. The van der Waals surface area contributed by atoms with Crippen molar-refractivity contribution >= 4 is 18.0 Å². The van der Waals surface area contributed by atoms with Gasteiger partial charge in [-0.05, 0) is 18.1 Å². The first-order valence-corrected chi connectivity index (χ1v) is 7.77. The largest absolute Gasteiger partial charge is 1.00 e. The van der Waals surface area contributed by atoms with Gasteiger partial charge in [0.2, 0.25) is 0 Å². The van der Waals surface area contributed by atoms with E-state index < -0.39 is 5.97 Å². The van der Waals surface area contributed by atoms with Crippen LogP contribution in [0.2, 0.25) is 0 Å². The van der Waals surface area contributed by atoms with Crippen molar-refractivity contribution in [2.24, 2.45) is 0 Å². The Morgan fingerprint density at radius 3 is 2.96 bits per heavy atom. The van der Waals surface area contributed by atoms with Crippen LogP contribution in [0.5, 0.6) is 0 Å². The molecule has 0 bridgehead atoms. The SMILES string of the molecule is O=C(O)C1=CCC2/C(=C\c3cn4c(n3)-c3ccccc3C4)C(=O)N12.[H-].[Na+]. The van der Waals surface area contributed by atoms with Crippen molar-refractivity contribution in [1.29, 1.82) is 0 Å². The molecule has 1 saturated heterocycles. The fraction of sp³-hybridized carbons (Fsp3) is 0.167. The molecule has 0 radical (unpaired) electrons. The normalized spacial score (nSPS) is 21.2. The maximum absolute atomic E-state index is 12.3. The Hall–Kier alpha value is -2.15. The topological polar surface area (TPSA) is 75.4 Å². The molecule has 2 aromatic rings. The maximum Gasteiger partial charge on any atom is 1.00 e. The summed E-state index contributed by atoms with van der Waals surface area (Å²) in [6.45, 7) is 0.788. The molecule has 0 spiro atoms. The first-order valence-electron chi connectivity index (χ1n) is 7.77. The van der Waals surface area contributed by atoms with Gasteiger partial charge in [-0.3, -0.25) is 9.69 Å². The zero-order valence-electron chi connectivity index (χ0n) is 14.6. The predicted molar refractivity (Wildman–Crippen MR) is 86.8 cm³/mol. The van der Waals surface area contributed by atoms with Crippen molar-refractivity contribution in [1.82, 2.24) is 14.5 Å². The second-order valence-electron chi connectivity index (χ2n) is 6.20. The number of carbonyl (C=O) groups is 2. The van der Waals surface area contributed by atoms with Crippen LogP contribution in [0.4, 0.5) is 0 Å². The average Bonchev–Trinajstić information content (AvgIpc) is 3.22. The molecular formula is C18H14N3NaO3. The molecule has 0 aliphatic carbocycles. The van der Waals surface area contributed by atoms with Gasteiger partial charge in [0.25, 0.3) is 5.91 Å². The van der Waals surface area contributed by atoms with Gasteiger partial charge in [0.15, 0.2) is 0 Å². The fourth-order valence-electron chi connectivity index (χ4n) is 3.74. The number of nitrogens with zero attached hydrogens (tertiary/aromatic N) is 3. The van der Waals surface area contributed by atoms with Crippen LogP contribution < -0.4 is 29.6 Å². The van der Waals surface area contributed by atoms with Crippen LogP contribution in [0.1, 0.15) is 19.1 Å². The number of β-lactam (4-membered cyclic amide) rings is 1. The number of aliphatic carboxylic acids is 1. The molecule has 1 fully saturated rings. The number of carboxylic acid groups (broad SMARTS) is 1. The number of rotatable bonds is 2. The van der Waals surface area contributed by atoms with Gasteiger partial charge in [-0.2, -0.15) is 0 Å². The maximum atomic E-state index is 12.3. The van der Waals surface area contributed by atoms with Crippen molar-refractivity contribution in [2.45, 2.75) is 19.0 Å². The van der Waals surface area contributed by atoms with Crippen LogP contribution in [0.3, 0.4) is 0 Å². The number of fused-ring (bicyclic) bond motifs is 4. The van der Waals surface area contributed by atoms with Gasteiger partial charge in [-0.15, -0.1) is 0 Å². The molecule has 1 aromatic carbocycles. The number of imidazole rings is 1. The Morgan fingerprint density at radius 2 is 2.16 bits per heavy atom. The first kappa shape index (κ1) is 16.3. The summed E-state index contributed by atoms with van der Waals surface area (Å²) in [5.74, 6) is -0.376. The zero-order valence-corrected chi connectivity index (χ0v) is 15.6. The van der Waals surface area contributed by atoms with E-state index >= 15 is 0 Å². The van der Waals surface area contributed by atoms with E-state index in [-0.39, 0.29) is 48.6 Å². The summed E-state index contributed by atoms with van der Waals surface area (Å²) in [5, 5.41) is 9.10. The summed E-state index contributed by atoms with van der Waals surface area (Å²) in [5.41, 5.74) is 3.83. The molecule has 7 heteroatoms. The third-order valence-electron chi connectivity index (χ3n) is 4.85. The van der Waals surface area contributed by atoms with Crippen LogP contribution in [0, 0.1) is 0 Å². The van der Waals surface area contributed by atoms with Crippen molar-refractivity contribution in [3.63, 3.8) is 0 Å². The average molecular weight is 343 g/mol. The van der Waals surface area contributed by atoms with Gasteiger partial charge >= 0.3 is 35.5 Å². The van der Waals surface area contributed by atoms with Crippen LogP contribution in [0.25, 0.3) is 17.5 Å². The van der Waals surface area contributed by atoms with E-state index in [4.69, 9.17) is 5.11 Å². The smallest absolute Gasteiger partial charge is 1.00 e. The Labute approximate surface area is 167 Å². The van der Waals surface area contributed by atoms with Crippen LogP contribution in [-0.4, -0.2) is 37.5 Å². The molecule has 25 heavy (non-hydrogen) atoms. The summed E-state index contributed by atoms with van der Waals surface area (Å²) in [6, 6.07) is 7.99. The minimum atomic E-state index is -1.05. The number of hydrogen-bond acceptors (Lipinski definition) is 3. The van der Waals surface area contributed by atoms with E-state index in [0.29, 0.717) is 12.0 Å². The Morgan fingerprint density at radius 1 is 1.36 bits per heavy atom. The summed E-state index contributed by atoms with van der Waals surface area (Å²) < 4.78 is 2.08. The van der Waals surface area contributed by atoms with E-state index in [1.54, 1.807) is 12.2 Å². The van der Waals surface area contributed by atoms with Crippen molar-refractivity contribution in [3.8, 4) is 11.4 Å². The standard InChI is InChI=1S/C18H13N3O3.Na.H/c22-17-13(14-5-6-15(18(23)24)21(14)17)7-11-9-20-8-10-3-1-2-4-12(10)16(20)19-11;;/h1-4,6-7,9,14H,5,8H2,(H,23,24);;/q;+1;-1/b13-7+;;. The molecule has 1 N–H and O–H groups in total. The Kier molecular flexibility index (Phi) is 3.72. The first-order chi connectivity index (χ1) is 11.6. The summed E-state index contributed by atoms with van der Waals surface area (Å²) >= 11 is 0. The van der Waals surface area contributed by atoms with E-state index in [2.05, 4.69) is 15.6 Å². The Bertz CT molecular complexity index is 995. The van der Waals surface area contributed by atoms with Crippen LogP contribution >= 0.6 is 0 Å². The summed E-state index contributed by atoms with van der Waals surface area (Å²) in [4.78, 5) is 29.4. The number of benzene rings is 1. The number of aromatic nitrogens is 2. The van der Waals surface area contributed by atoms with Crippen molar-refractivity contribution in [3.05, 3.63) is 59.1 Å². The summed E-state index contributed by atoms with van der Waals surface area (Å²) in [7, 11) is 0. The minimum Gasteiger partial charge on any atom is -1.00 e. The van der Waals surface area contributed by atoms with Crippen LogP contribution in [0.15, 0.2) is 47.8 Å². The summed E-state index contributed by atoms with van der Waals surface area (Å²) in [6.07, 6.45) is 5.89. The van der Waals surface area contributed by atoms with Crippen molar-refractivity contribution < 1.29 is 45.7 Å². The van der Waals surface area contributed by atoms with E-state index in [1.807, 2.05) is 24.4 Å². The van der Waals surface area contributed by atoms with Crippen molar-refractivity contribution in [2.75, 3.05) is 0 Å². The third kappa shape index (κ3) is 2.25. The zero-order chi connectivity index (χ0) is 16.4. The molecule has 4 heterocycles. The Balaban J connectivity index is 0.000000980. The molecule has 3 aliphatic rings. The molecule has 6 nitrogen and oxygen atoms in total. The third-order valence-corrected chi connectivity index (χ3v) is 4.85. The molecule has 1 amide bonds. The van der Waals surface area contributed by atoms with E-state index in [1.165, 1.54) is 10.5 Å². The van der Waals surface area contributed by atoms with Gasteiger partial charge in [-0.25, -0.2) is 9.78 Å². The van der Waals surface area contributed by atoms with Crippen LogP contribution in [-0.2, 0) is 16.1 Å². The second-order valence-corrected chi connectivity index (χ2v) is 6.20. The predicted octanol–water partition coefficient (Wildman–Crippen LogP) is -1.01. The molecule has 0 saturated carbocycles. The van der Waals surface area contributed by atoms with Gasteiger partial charge in [0, 0.05) is 23.9 Å². The molecule has 5 rings (SSSR count). The quantitative estimate of drug-likeness (QED) is 0.368. The number of carboxylic acids is 1. The minimum absolute atomic E-state index is 0. The van der Waals surface area contributed by atoms with Gasteiger partial charge in [0.1, 0.15) is 11.5 Å². The second kappa shape index (κ2) is 5.69. The molecule has 1 atom stereocenters. The monoisotopic (exact) mass is 343 g/mol. The molecule has 120 valence electrons. The van der Waals surface area contributed by atoms with Gasteiger partial charge in [-0.1, -0.05) is 30.3 Å². The van der Waals surface area contributed by atoms with Gasteiger partial charge in [0.05, 0.1) is 11.7 Å². The van der Waals surface area contributed by atoms with E-state index in [9.17, 15) is 9.59 Å². The number of carbonyl (C=O) groups excluding carboxylic acids is 1. The number of hydrogen-bond donors (Lipinski definition) is 1. The van der Waals surface area contributed by atoms with E-state index in [0.717, 1.165) is 23.6 Å². The molecular weight excluding hydrogens is 329 g/mol.